The summed E-state index contributed by atoms with van der Waals surface area (Å²) < 4.78 is 0. The molecule has 0 saturated heterocycles. The number of unbranched alkanes of at least 4 members (excludes halogenated alkanes) is 1. The van der Waals surface area contributed by atoms with E-state index in [4.69, 9.17) is 0 Å². The van der Waals surface area contributed by atoms with Gasteiger partial charge in [-0.2, -0.15) is 0 Å². The Kier molecular flexibility index (Phi) is 6.05. The molecule has 0 bridgehead atoms. The molecule has 0 heteroatoms. The van der Waals surface area contributed by atoms with Crippen molar-refractivity contribution in [2.24, 2.45) is 23.7 Å². The van der Waals surface area contributed by atoms with Crippen LogP contribution in [0.5, 0.6) is 0 Å². The monoisotopic (exact) mass is 250 g/mol. The summed E-state index contributed by atoms with van der Waals surface area (Å²) in [6.45, 7) is 4.86. The summed E-state index contributed by atoms with van der Waals surface area (Å²) in [6.07, 6.45) is 18.3. The maximum Gasteiger partial charge on any atom is -0.0414 e. The Hall–Kier alpha value is 0. The zero-order chi connectivity index (χ0) is 12.8. The minimum atomic E-state index is 1.02. The summed E-state index contributed by atoms with van der Waals surface area (Å²) in [5, 5.41) is 0. The van der Waals surface area contributed by atoms with Crippen LogP contribution in [0.2, 0.25) is 0 Å². The van der Waals surface area contributed by atoms with E-state index in [1.807, 2.05) is 0 Å². The molecule has 2 saturated carbocycles. The van der Waals surface area contributed by atoms with Crippen LogP contribution in [0.4, 0.5) is 0 Å². The van der Waals surface area contributed by atoms with E-state index in [0.29, 0.717) is 0 Å². The SMILES string of the molecule is CC1CCC(CCCCC2CCC(C)CC2)CC1. The maximum absolute atomic E-state index is 2.43. The van der Waals surface area contributed by atoms with Gasteiger partial charge >= 0.3 is 0 Å². The van der Waals surface area contributed by atoms with Crippen molar-refractivity contribution >= 4 is 0 Å². The average Bonchev–Trinajstić information content (AvgIpc) is 2.39. The fraction of sp³-hybridized carbons (Fsp3) is 1.00. The summed E-state index contributed by atoms with van der Waals surface area (Å²) in [7, 11) is 0. The minimum absolute atomic E-state index is 1.02. The van der Waals surface area contributed by atoms with E-state index in [0.717, 1.165) is 23.7 Å². The van der Waals surface area contributed by atoms with E-state index in [1.54, 1.807) is 0 Å². The first-order valence-corrected chi connectivity index (χ1v) is 8.74. The minimum Gasteiger partial charge on any atom is -0.0625 e. The van der Waals surface area contributed by atoms with Gasteiger partial charge in [-0.3, -0.25) is 0 Å². The molecule has 106 valence electrons. The highest BCUT2D eigenvalue weighted by Crippen LogP contribution is 2.34. The predicted octanol–water partition coefficient (Wildman–Crippen LogP) is 6.20. The molecule has 2 fully saturated rings. The van der Waals surface area contributed by atoms with Gasteiger partial charge in [0, 0.05) is 0 Å². The summed E-state index contributed by atoms with van der Waals surface area (Å²) >= 11 is 0. The molecule has 0 aliphatic heterocycles. The van der Waals surface area contributed by atoms with E-state index in [2.05, 4.69) is 13.8 Å². The van der Waals surface area contributed by atoms with Crippen molar-refractivity contribution in [3.63, 3.8) is 0 Å². The lowest BCUT2D eigenvalue weighted by atomic mass is 9.79. The Bertz CT molecular complexity index is 180. The van der Waals surface area contributed by atoms with Crippen molar-refractivity contribution in [3.05, 3.63) is 0 Å². The third-order valence-electron chi connectivity index (χ3n) is 5.75. The molecule has 2 rings (SSSR count). The van der Waals surface area contributed by atoms with Crippen LogP contribution in [0.15, 0.2) is 0 Å². The first-order chi connectivity index (χ1) is 8.74. The smallest absolute Gasteiger partial charge is 0.0414 e. The number of hydrogen-bond donors (Lipinski definition) is 0. The Labute approximate surface area is 115 Å². The van der Waals surface area contributed by atoms with Gasteiger partial charge in [-0.25, -0.2) is 0 Å². The summed E-state index contributed by atoms with van der Waals surface area (Å²) in [4.78, 5) is 0. The largest absolute Gasteiger partial charge is 0.0625 e. The van der Waals surface area contributed by atoms with Gasteiger partial charge in [0.15, 0.2) is 0 Å². The van der Waals surface area contributed by atoms with Gasteiger partial charge < -0.3 is 0 Å². The molecule has 2 aliphatic carbocycles. The van der Waals surface area contributed by atoms with E-state index >= 15 is 0 Å². The fourth-order valence-electron chi connectivity index (χ4n) is 4.10. The van der Waals surface area contributed by atoms with Crippen LogP contribution in [-0.2, 0) is 0 Å². The van der Waals surface area contributed by atoms with Crippen molar-refractivity contribution in [1.82, 2.24) is 0 Å². The number of rotatable bonds is 5. The zero-order valence-electron chi connectivity index (χ0n) is 12.8. The van der Waals surface area contributed by atoms with Gasteiger partial charge in [-0.1, -0.05) is 90.9 Å². The van der Waals surface area contributed by atoms with Gasteiger partial charge in [0.05, 0.1) is 0 Å². The molecule has 0 nitrogen and oxygen atoms in total. The molecule has 0 unspecified atom stereocenters. The lowest BCUT2D eigenvalue weighted by Gasteiger charge is -2.27. The second kappa shape index (κ2) is 7.56. The molecule has 0 spiro atoms. The third kappa shape index (κ3) is 4.94. The molecule has 18 heavy (non-hydrogen) atoms. The second-order valence-corrected chi connectivity index (χ2v) is 7.54. The molecule has 0 atom stereocenters. The van der Waals surface area contributed by atoms with Crippen LogP contribution in [0.1, 0.15) is 90.9 Å². The van der Waals surface area contributed by atoms with E-state index in [1.165, 1.54) is 77.0 Å². The Morgan fingerprint density at radius 2 is 0.889 bits per heavy atom. The molecule has 0 N–H and O–H groups in total. The van der Waals surface area contributed by atoms with Crippen LogP contribution in [0, 0.1) is 23.7 Å². The number of hydrogen-bond acceptors (Lipinski definition) is 0. The maximum atomic E-state index is 2.43. The first kappa shape index (κ1) is 14.4. The fourth-order valence-corrected chi connectivity index (χ4v) is 4.10. The Morgan fingerprint density at radius 1 is 0.556 bits per heavy atom. The molecule has 0 aromatic heterocycles. The highest BCUT2D eigenvalue weighted by molar-refractivity contribution is 4.72. The second-order valence-electron chi connectivity index (χ2n) is 7.54. The van der Waals surface area contributed by atoms with Gasteiger partial charge in [0.25, 0.3) is 0 Å². The quantitative estimate of drug-likeness (QED) is 0.510. The molecule has 2 aliphatic rings. The highest BCUT2D eigenvalue weighted by atomic mass is 14.3. The third-order valence-corrected chi connectivity index (χ3v) is 5.75. The van der Waals surface area contributed by atoms with E-state index in [9.17, 15) is 0 Å². The topological polar surface area (TPSA) is 0 Å². The Morgan fingerprint density at radius 3 is 1.22 bits per heavy atom. The summed E-state index contributed by atoms with van der Waals surface area (Å²) in [6, 6.07) is 0. The lowest BCUT2D eigenvalue weighted by Crippen LogP contribution is -2.13. The summed E-state index contributed by atoms with van der Waals surface area (Å²) in [5.74, 6) is 4.22. The summed E-state index contributed by atoms with van der Waals surface area (Å²) in [5.41, 5.74) is 0. The van der Waals surface area contributed by atoms with Crippen LogP contribution in [0.3, 0.4) is 0 Å². The predicted molar refractivity (Wildman–Crippen MR) is 80.7 cm³/mol. The molecule has 0 aromatic rings. The normalized spacial score (nSPS) is 37.7. The van der Waals surface area contributed by atoms with Gasteiger partial charge in [0.2, 0.25) is 0 Å². The van der Waals surface area contributed by atoms with E-state index < -0.39 is 0 Å². The highest BCUT2D eigenvalue weighted by Gasteiger charge is 2.19. The standard InChI is InChI=1S/C18H34/c1-15-7-11-17(12-8-15)5-3-4-6-18-13-9-16(2)10-14-18/h15-18H,3-14H2,1-2H3. The first-order valence-electron chi connectivity index (χ1n) is 8.74. The van der Waals surface area contributed by atoms with Crippen LogP contribution in [-0.4, -0.2) is 0 Å². The van der Waals surface area contributed by atoms with Crippen LogP contribution >= 0.6 is 0 Å². The van der Waals surface area contributed by atoms with Crippen molar-refractivity contribution in [1.29, 1.82) is 0 Å². The van der Waals surface area contributed by atoms with Gasteiger partial charge in [-0.05, 0) is 23.7 Å². The average molecular weight is 250 g/mol. The van der Waals surface area contributed by atoms with Crippen molar-refractivity contribution in [2.75, 3.05) is 0 Å². The van der Waals surface area contributed by atoms with Gasteiger partial charge in [-0.15, -0.1) is 0 Å². The van der Waals surface area contributed by atoms with Crippen molar-refractivity contribution in [3.8, 4) is 0 Å². The molecule has 0 amide bonds. The van der Waals surface area contributed by atoms with Crippen LogP contribution in [0.25, 0.3) is 0 Å². The molecular weight excluding hydrogens is 216 g/mol. The molecule has 0 heterocycles. The van der Waals surface area contributed by atoms with Crippen molar-refractivity contribution in [2.45, 2.75) is 90.9 Å². The molecule has 0 aromatic carbocycles. The molecular formula is C18H34. The van der Waals surface area contributed by atoms with Crippen molar-refractivity contribution < 1.29 is 0 Å². The van der Waals surface area contributed by atoms with E-state index in [-0.39, 0.29) is 0 Å². The van der Waals surface area contributed by atoms with Crippen LogP contribution < -0.4 is 0 Å². The Balaban J connectivity index is 1.48. The lowest BCUT2D eigenvalue weighted by molar-refractivity contribution is 0.253. The molecule has 0 radical (unpaired) electrons. The zero-order valence-corrected chi connectivity index (χ0v) is 12.8. The van der Waals surface area contributed by atoms with Gasteiger partial charge in [0.1, 0.15) is 0 Å².